The first-order valence-corrected chi connectivity index (χ1v) is 3.74. The lowest BCUT2D eigenvalue weighted by Gasteiger charge is -1.95. The minimum absolute atomic E-state index is 0.744. The first-order chi connectivity index (χ1) is 7.86. The Morgan fingerprint density at radius 3 is 2.60 bits per heavy atom. The third-order valence-electron chi connectivity index (χ3n) is 1.82. The second-order valence-electron chi connectivity index (χ2n) is 2.75. The molecule has 2 aromatic rings. The molecule has 0 spiro atoms. The average Bonchev–Trinajstić information content (AvgIpc) is 2.62. The molecule has 1 aromatic carbocycles. The summed E-state index contributed by atoms with van der Waals surface area (Å²) < 4.78 is 54.1. The molecule has 0 radical (unpaired) electrons. The number of aromatic carboxylic acids is 1. The Kier molecular flexibility index (Phi) is 1.47. The fraction of sp³-hybridized carbons (Fsp3) is 0. The number of hydrogen-bond donors (Lipinski definition) is 2. The summed E-state index contributed by atoms with van der Waals surface area (Å²) in [5, 5.41) is 7.91. The van der Waals surface area contributed by atoms with Gasteiger partial charge in [0, 0.05) is 11.4 Å². The maximum Gasteiger partial charge on any atom is 0.352 e. The van der Waals surface area contributed by atoms with Crippen LogP contribution in [0.1, 0.15) is 13.2 Å². The Hall–Kier alpha value is -1.98. The van der Waals surface area contributed by atoms with E-state index < -0.39 is 52.1 Å². The highest BCUT2D eigenvalue weighted by Crippen LogP contribution is 2.24. The molecule has 78 valence electrons. The fourth-order valence-electron chi connectivity index (χ4n) is 1.17. The Morgan fingerprint density at radius 1 is 1.33 bits per heavy atom. The van der Waals surface area contributed by atoms with Gasteiger partial charge in [0.2, 0.25) is 0 Å². The molecular formula is C9H4F3NO2. The summed E-state index contributed by atoms with van der Waals surface area (Å²) in [4.78, 5) is 12.6. The molecular weight excluding hydrogens is 211 g/mol. The molecule has 2 rings (SSSR count). The van der Waals surface area contributed by atoms with Gasteiger partial charge >= 0.3 is 5.97 Å². The Morgan fingerprint density at radius 2 is 2.00 bits per heavy atom. The van der Waals surface area contributed by atoms with Crippen molar-refractivity contribution in [1.82, 2.24) is 4.98 Å². The molecule has 0 saturated carbocycles. The number of hydrogen-bond acceptors (Lipinski definition) is 1. The molecule has 1 heterocycles. The van der Waals surface area contributed by atoms with Crippen molar-refractivity contribution in [3.8, 4) is 0 Å². The number of aromatic amines is 1. The topological polar surface area (TPSA) is 53.1 Å². The number of benzene rings is 1. The highest BCUT2D eigenvalue weighted by molar-refractivity contribution is 5.94. The molecule has 0 aliphatic rings. The zero-order chi connectivity index (χ0) is 12.9. The van der Waals surface area contributed by atoms with Gasteiger partial charge in [-0.3, -0.25) is 0 Å². The number of aromatic nitrogens is 1. The fourth-order valence-corrected chi connectivity index (χ4v) is 1.17. The van der Waals surface area contributed by atoms with Gasteiger partial charge in [0.15, 0.2) is 11.6 Å². The lowest BCUT2D eigenvalue weighted by atomic mass is 10.2. The largest absolute Gasteiger partial charge is 0.477 e. The van der Waals surface area contributed by atoms with Crippen molar-refractivity contribution >= 4 is 16.9 Å². The van der Waals surface area contributed by atoms with Gasteiger partial charge in [-0.2, -0.15) is 0 Å². The van der Waals surface area contributed by atoms with E-state index in [0.29, 0.717) is 0 Å². The summed E-state index contributed by atoms with van der Waals surface area (Å²) in [5.74, 6) is -6.37. The summed E-state index contributed by atoms with van der Waals surface area (Å²) in [5.41, 5.74) is -1.53. The van der Waals surface area contributed by atoms with E-state index in [2.05, 4.69) is 0 Å². The van der Waals surface area contributed by atoms with Crippen molar-refractivity contribution < 1.29 is 25.8 Å². The van der Waals surface area contributed by atoms with Gasteiger partial charge in [-0.25, -0.2) is 18.0 Å². The summed E-state index contributed by atoms with van der Waals surface area (Å²) in [6.07, 6.45) is 0. The van der Waals surface area contributed by atoms with E-state index in [-0.39, 0.29) is 0 Å². The molecule has 6 heteroatoms. The number of rotatable bonds is 1. The molecule has 0 aliphatic carbocycles. The van der Waals surface area contributed by atoms with Crippen LogP contribution in [0.5, 0.6) is 0 Å². The highest BCUT2D eigenvalue weighted by Gasteiger charge is 2.17. The minimum atomic E-state index is -1.73. The maximum absolute atomic E-state index is 13.4. The Bertz CT molecular complexity index is 654. The van der Waals surface area contributed by atoms with Gasteiger partial charge in [-0.1, -0.05) is 0 Å². The van der Waals surface area contributed by atoms with Gasteiger partial charge < -0.3 is 10.1 Å². The van der Waals surface area contributed by atoms with Crippen LogP contribution in [-0.4, -0.2) is 16.1 Å². The summed E-state index contributed by atoms with van der Waals surface area (Å²) in [6, 6.07) is -2.16. The lowest BCUT2D eigenvalue weighted by Crippen LogP contribution is -1.95. The zero-order valence-corrected chi connectivity index (χ0v) is 6.99. The molecule has 0 unspecified atom stereocenters. The average molecular weight is 217 g/mol. The molecule has 0 bridgehead atoms. The SMILES string of the molecule is [2H]c1c(F)c(F)c2[nH]c(C(=O)O)c([2H])c2c1F. The monoisotopic (exact) mass is 217 g/mol. The van der Waals surface area contributed by atoms with Gasteiger partial charge in [-0.05, 0) is 6.04 Å². The van der Waals surface area contributed by atoms with Crippen molar-refractivity contribution in [3.63, 3.8) is 0 Å². The third-order valence-corrected chi connectivity index (χ3v) is 1.82. The number of halogens is 3. The molecule has 0 atom stereocenters. The van der Waals surface area contributed by atoms with Crippen LogP contribution in [-0.2, 0) is 0 Å². The first-order valence-electron chi connectivity index (χ1n) is 4.74. The molecule has 3 nitrogen and oxygen atoms in total. The molecule has 0 amide bonds. The van der Waals surface area contributed by atoms with Crippen molar-refractivity contribution in [1.29, 1.82) is 0 Å². The van der Waals surface area contributed by atoms with Crippen LogP contribution in [0.2, 0.25) is 0 Å². The summed E-state index contributed by atoms with van der Waals surface area (Å²) in [6.45, 7) is 0. The van der Waals surface area contributed by atoms with E-state index in [4.69, 9.17) is 7.85 Å². The Balaban J connectivity index is 3.02. The maximum atomic E-state index is 13.4. The van der Waals surface area contributed by atoms with Gasteiger partial charge in [0.1, 0.15) is 11.5 Å². The number of carboxylic acid groups (broad SMARTS) is 1. The van der Waals surface area contributed by atoms with Crippen LogP contribution < -0.4 is 0 Å². The van der Waals surface area contributed by atoms with Gasteiger partial charge in [-0.15, -0.1) is 0 Å². The summed E-state index contributed by atoms with van der Waals surface area (Å²) >= 11 is 0. The number of carboxylic acids is 1. The van der Waals surface area contributed by atoms with E-state index >= 15 is 0 Å². The predicted molar refractivity (Wildman–Crippen MR) is 45.1 cm³/mol. The number of nitrogens with one attached hydrogen (secondary N) is 1. The van der Waals surface area contributed by atoms with Gasteiger partial charge in [0.05, 0.1) is 8.26 Å². The molecule has 0 aliphatic heterocycles. The van der Waals surface area contributed by atoms with E-state index in [9.17, 15) is 18.0 Å². The second-order valence-corrected chi connectivity index (χ2v) is 2.75. The van der Waals surface area contributed by atoms with Crippen LogP contribution in [0.3, 0.4) is 0 Å². The van der Waals surface area contributed by atoms with Crippen LogP contribution in [0.25, 0.3) is 10.9 Å². The van der Waals surface area contributed by atoms with E-state index in [0.717, 1.165) is 0 Å². The molecule has 0 saturated heterocycles. The van der Waals surface area contributed by atoms with Gasteiger partial charge in [0.25, 0.3) is 0 Å². The number of carbonyl (C=O) groups is 1. The normalized spacial score (nSPS) is 12.7. The van der Waals surface area contributed by atoms with Crippen molar-refractivity contribution in [2.45, 2.75) is 0 Å². The molecule has 1 aromatic heterocycles. The quantitative estimate of drug-likeness (QED) is 0.720. The van der Waals surface area contributed by atoms with Crippen LogP contribution >= 0.6 is 0 Å². The first kappa shape index (κ1) is 7.33. The Labute approximate surface area is 83.9 Å². The zero-order valence-electron chi connectivity index (χ0n) is 8.99. The second kappa shape index (κ2) is 3.01. The molecule has 2 N–H and O–H groups in total. The van der Waals surface area contributed by atoms with Crippen LogP contribution in [0.15, 0.2) is 12.1 Å². The minimum Gasteiger partial charge on any atom is -0.477 e. The van der Waals surface area contributed by atoms with Crippen molar-refractivity contribution in [3.05, 3.63) is 35.2 Å². The lowest BCUT2D eigenvalue weighted by molar-refractivity contribution is 0.0691. The van der Waals surface area contributed by atoms with Crippen LogP contribution in [0, 0.1) is 17.5 Å². The van der Waals surface area contributed by atoms with E-state index in [1.165, 1.54) is 0 Å². The van der Waals surface area contributed by atoms with Crippen LogP contribution in [0.4, 0.5) is 13.2 Å². The summed E-state index contributed by atoms with van der Waals surface area (Å²) in [7, 11) is 0. The predicted octanol–water partition coefficient (Wildman–Crippen LogP) is 2.28. The van der Waals surface area contributed by atoms with E-state index in [1.54, 1.807) is 0 Å². The van der Waals surface area contributed by atoms with Crippen molar-refractivity contribution in [2.24, 2.45) is 0 Å². The standard InChI is InChI=1S/C9H4F3NO2/c10-4-2-5(11)7(12)8-3(4)1-6(13-8)9(14)15/h1-2,13H,(H,14,15)/i1D,2D. The highest BCUT2D eigenvalue weighted by atomic mass is 19.2. The smallest absolute Gasteiger partial charge is 0.352 e. The third kappa shape index (κ3) is 1.34. The number of fused-ring (bicyclic) bond motifs is 1. The molecule has 15 heavy (non-hydrogen) atoms. The number of H-pyrrole nitrogens is 1. The van der Waals surface area contributed by atoms with Crippen molar-refractivity contribution in [2.75, 3.05) is 0 Å². The van der Waals surface area contributed by atoms with E-state index in [1.807, 2.05) is 4.98 Å². The molecule has 0 fully saturated rings.